The number of methoxy groups -OCH3 is 1. The standard InChI is InChI=1S/C46H62N4O12/c1-21(2)19-50-17-16-46(30(52)20-50)48-34-31-32-39(55)27(8)42-33(31)43(57)45(10,62-42)60-18-15-29(59-11)24(5)41(61-28(9)51)26(7)38(54)25(6)37(53)22(3)13-12-14-23(4)44(58)47-36(40(32)56)35(34)49-46/h12-15,18,21-22,24-26,29-30,37-38,41,52-56H,16-17,19-20H2,1-11H3,(H,47,58)/b13-12+,18-15+,23-14-/t22-,24+,25+,26+,29-,30?,37-,38+,41+,45-,46?/m0/s1. The van der Waals surface area contributed by atoms with Gasteiger partial charge in [0, 0.05) is 87.2 Å². The van der Waals surface area contributed by atoms with Crippen LogP contribution in [-0.4, -0.2) is 117 Å². The van der Waals surface area contributed by atoms with Crippen LogP contribution in [-0.2, 0) is 23.8 Å². The SMILES string of the molecule is CO[C@H]1/C=C/O[C@@]2(C)Oc3c(C)c(O)c4c(O)c(c5c(c4c3C2=O)=NC2(CCN(CC(C)C)CC2O)N=5)NC(=O)/C(C)=C\C=C\[C@H](C)[C@H](O)[C@@H](C)[C@@H](O)[C@@H](C)[C@H](OC(C)=O)[C@@H]1C. The van der Waals surface area contributed by atoms with Gasteiger partial charge in [-0.15, -0.1) is 0 Å². The van der Waals surface area contributed by atoms with Crippen LogP contribution < -0.4 is 20.8 Å². The number of hydrogen-bond donors (Lipinski definition) is 6. The highest BCUT2D eigenvalue weighted by Crippen LogP contribution is 2.50. The Hall–Kier alpha value is -4.87. The van der Waals surface area contributed by atoms with E-state index in [1.165, 1.54) is 46.3 Å². The quantitative estimate of drug-likeness (QED) is 0.191. The molecule has 2 unspecified atom stereocenters. The number of aromatic hydroxyl groups is 2. The Bertz CT molecular complexity index is 2340. The minimum atomic E-state index is -2.01. The number of hydrogen-bond acceptors (Lipinski definition) is 15. The van der Waals surface area contributed by atoms with Gasteiger partial charge in [-0.1, -0.05) is 59.8 Å². The van der Waals surface area contributed by atoms with Crippen molar-refractivity contribution in [3.05, 3.63) is 58.0 Å². The van der Waals surface area contributed by atoms with Crippen LogP contribution in [0.4, 0.5) is 5.69 Å². The second kappa shape index (κ2) is 17.7. The van der Waals surface area contributed by atoms with E-state index in [0.717, 1.165) is 6.54 Å². The number of benzene rings is 2. The number of allylic oxidation sites excluding steroid dienone is 2. The fourth-order valence-electron chi connectivity index (χ4n) is 9.25. The molecular formula is C46H62N4O12. The maximum absolute atomic E-state index is 14.7. The Balaban J connectivity index is 1.56. The fourth-order valence-corrected chi connectivity index (χ4v) is 9.25. The molecule has 1 spiro atoms. The smallest absolute Gasteiger partial charge is 0.312 e. The van der Waals surface area contributed by atoms with Crippen molar-refractivity contribution in [3.63, 3.8) is 0 Å². The van der Waals surface area contributed by atoms with Crippen LogP contribution in [0.3, 0.4) is 0 Å². The van der Waals surface area contributed by atoms with Gasteiger partial charge in [0.25, 0.3) is 11.7 Å². The number of likely N-dealkylation sites (tertiary alicyclic amines) is 1. The molecule has 4 heterocycles. The molecule has 16 nitrogen and oxygen atoms in total. The van der Waals surface area contributed by atoms with Crippen molar-refractivity contribution in [1.82, 2.24) is 4.90 Å². The third kappa shape index (κ3) is 8.34. The summed E-state index contributed by atoms with van der Waals surface area (Å²) in [6, 6.07) is 0. The number of nitrogens with zero attached hydrogens (tertiary/aromatic N) is 3. The summed E-state index contributed by atoms with van der Waals surface area (Å²) < 4.78 is 23.9. The third-order valence-electron chi connectivity index (χ3n) is 13.0. The second-order valence-electron chi connectivity index (χ2n) is 18.1. The number of β-amino-alcohol motifs (C(OH)–C–C–N with tert-alkyl or cyclic N) is 1. The van der Waals surface area contributed by atoms with E-state index in [-0.39, 0.29) is 62.6 Å². The van der Waals surface area contributed by atoms with Gasteiger partial charge in [-0.05, 0) is 25.8 Å². The van der Waals surface area contributed by atoms with Crippen molar-refractivity contribution in [1.29, 1.82) is 0 Å². The lowest BCUT2D eigenvalue weighted by Crippen LogP contribution is -2.53. The average molecular weight is 863 g/mol. The van der Waals surface area contributed by atoms with Crippen LogP contribution in [0.25, 0.3) is 10.8 Å². The predicted octanol–water partition coefficient (Wildman–Crippen LogP) is 3.72. The zero-order valence-electron chi connectivity index (χ0n) is 37.4. The number of nitrogens with one attached hydrogen (secondary N) is 1. The first-order valence-corrected chi connectivity index (χ1v) is 21.3. The van der Waals surface area contributed by atoms with Crippen LogP contribution in [0.1, 0.15) is 84.7 Å². The molecule has 2 aromatic rings. The van der Waals surface area contributed by atoms with Gasteiger partial charge in [-0.25, -0.2) is 9.98 Å². The second-order valence-corrected chi connectivity index (χ2v) is 18.1. The van der Waals surface area contributed by atoms with Gasteiger partial charge >= 0.3 is 11.8 Å². The summed E-state index contributed by atoms with van der Waals surface area (Å²) in [6.07, 6.45) is 2.88. The number of aliphatic hydroxyl groups is 3. The number of amides is 1. The molecule has 6 rings (SSSR count). The van der Waals surface area contributed by atoms with Crippen LogP contribution in [0.5, 0.6) is 17.2 Å². The summed E-state index contributed by atoms with van der Waals surface area (Å²) >= 11 is 0. The predicted molar refractivity (Wildman–Crippen MR) is 229 cm³/mol. The minimum absolute atomic E-state index is 0.0129. The van der Waals surface area contributed by atoms with E-state index in [9.17, 15) is 39.9 Å². The number of ether oxygens (including phenoxy) is 4. The van der Waals surface area contributed by atoms with Crippen molar-refractivity contribution < 1.29 is 58.9 Å². The lowest BCUT2D eigenvalue weighted by atomic mass is 9.78. The Kier molecular flexibility index (Phi) is 13.3. The molecule has 4 aliphatic heterocycles. The normalized spacial score (nSPS) is 35.1. The Morgan fingerprint density at radius 2 is 1.66 bits per heavy atom. The molecule has 6 N–H and O–H groups in total. The van der Waals surface area contributed by atoms with Crippen molar-refractivity contribution in [2.24, 2.45) is 39.6 Å². The van der Waals surface area contributed by atoms with Crippen LogP contribution >= 0.6 is 0 Å². The van der Waals surface area contributed by atoms with E-state index in [0.29, 0.717) is 12.5 Å². The van der Waals surface area contributed by atoms with Crippen molar-refractivity contribution in [2.45, 2.75) is 118 Å². The van der Waals surface area contributed by atoms with E-state index in [2.05, 4.69) is 24.1 Å². The number of carbonyl (C=O) groups is 3. The molecule has 0 saturated carbocycles. The van der Waals surface area contributed by atoms with E-state index in [1.54, 1.807) is 46.8 Å². The fraction of sp³-hybridized carbons (Fsp3) is 0.587. The number of aliphatic hydroxyl groups excluding tert-OH is 3. The van der Waals surface area contributed by atoms with Crippen LogP contribution in [0, 0.1) is 36.5 Å². The number of rotatable bonds is 4. The first-order valence-electron chi connectivity index (χ1n) is 21.3. The molecule has 0 aliphatic carbocycles. The number of Topliss-reactive ketones (excluding diaryl/α,β-unsaturated/α-hetero) is 1. The largest absolute Gasteiger partial charge is 0.507 e. The number of phenolic OH excluding ortho intramolecular Hbond substituents is 2. The number of anilines is 1. The lowest BCUT2D eigenvalue weighted by molar-refractivity contribution is -0.160. The topological polar surface area (TPSA) is 229 Å². The molecular weight excluding hydrogens is 801 g/mol. The molecule has 62 heavy (non-hydrogen) atoms. The molecule has 2 aromatic carbocycles. The van der Waals surface area contributed by atoms with Gasteiger partial charge in [0.1, 0.15) is 34.8 Å². The molecule has 1 saturated heterocycles. The molecule has 1 fully saturated rings. The third-order valence-corrected chi connectivity index (χ3v) is 13.0. The molecule has 0 radical (unpaired) electrons. The summed E-state index contributed by atoms with van der Waals surface area (Å²) in [5.74, 6) is -7.06. The Labute approximate surface area is 361 Å². The van der Waals surface area contributed by atoms with Gasteiger partial charge in [0.05, 0.1) is 40.9 Å². The van der Waals surface area contributed by atoms with Crippen molar-refractivity contribution in [3.8, 4) is 17.2 Å². The van der Waals surface area contributed by atoms with Crippen LogP contribution in [0.2, 0.25) is 0 Å². The first kappa shape index (κ1) is 46.6. The highest BCUT2D eigenvalue weighted by molar-refractivity contribution is 6.19. The van der Waals surface area contributed by atoms with Gasteiger partial charge in [0.15, 0.2) is 11.4 Å². The molecule has 16 heteroatoms. The number of phenols is 2. The number of fused-ring (bicyclic) bond motifs is 1. The Morgan fingerprint density at radius 3 is 2.29 bits per heavy atom. The van der Waals surface area contributed by atoms with Gasteiger partial charge in [-0.2, -0.15) is 0 Å². The van der Waals surface area contributed by atoms with E-state index < -0.39 is 94.8 Å². The molecule has 1 amide bonds. The maximum atomic E-state index is 14.7. The summed E-state index contributed by atoms with van der Waals surface area (Å²) in [7, 11) is 1.45. The van der Waals surface area contributed by atoms with Crippen molar-refractivity contribution >= 4 is 34.1 Å². The molecule has 338 valence electrons. The average Bonchev–Trinajstić information content (AvgIpc) is 3.73. The lowest BCUT2D eigenvalue weighted by Gasteiger charge is -2.40. The van der Waals surface area contributed by atoms with Crippen molar-refractivity contribution in [2.75, 3.05) is 32.1 Å². The molecule has 11 atom stereocenters. The van der Waals surface area contributed by atoms with E-state index >= 15 is 0 Å². The van der Waals surface area contributed by atoms with Gasteiger partial charge < -0.3 is 54.7 Å². The van der Waals surface area contributed by atoms with Crippen LogP contribution in [0.15, 0.2) is 46.1 Å². The summed E-state index contributed by atoms with van der Waals surface area (Å²) in [5, 5.41) is 61.3. The minimum Gasteiger partial charge on any atom is -0.507 e. The number of piperidine rings is 1. The highest BCUT2D eigenvalue weighted by Gasteiger charge is 2.51. The highest BCUT2D eigenvalue weighted by atomic mass is 16.7. The zero-order valence-corrected chi connectivity index (χ0v) is 37.4. The summed E-state index contributed by atoms with van der Waals surface area (Å²) in [5.41, 5.74) is -1.36. The first-order chi connectivity index (χ1) is 29.1. The number of ketones is 1. The monoisotopic (exact) mass is 862 g/mol. The zero-order chi connectivity index (χ0) is 45.7. The van der Waals surface area contributed by atoms with Gasteiger partial charge in [-0.3, -0.25) is 14.4 Å². The van der Waals surface area contributed by atoms with Gasteiger partial charge in [0.2, 0.25) is 0 Å². The molecule has 4 aliphatic rings. The maximum Gasteiger partial charge on any atom is 0.312 e. The Morgan fingerprint density at radius 1 is 0.984 bits per heavy atom. The summed E-state index contributed by atoms with van der Waals surface area (Å²) in [4.78, 5) is 53.1. The van der Waals surface area contributed by atoms with E-state index in [1.807, 2.05) is 0 Å². The number of esters is 1. The molecule has 0 aromatic heterocycles. The molecule has 4 bridgehead atoms. The summed E-state index contributed by atoms with van der Waals surface area (Å²) in [6.45, 7) is 18.4. The van der Waals surface area contributed by atoms with E-state index in [4.69, 9.17) is 28.9 Å². The number of carbonyl (C=O) groups excluding carboxylic acids is 3.